The number of anilines is 1. The first kappa shape index (κ1) is 24.2. The normalized spacial score (nSPS) is 16.9. The van der Waals surface area contributed by atoms with Crippen molar-refractivity contribution in [1.82, 2.24) is 30.1 Å². The Morgan fingerprint density at radius 2 is 1.86 bits per heavy atom. The zero-order valence-corrected chi connectivity index (χ0v) is 21.9. The van der Waals surface area contributed by atoms with Crippen LogP contribution in [-0.2, 0) is 0 Å². The van der Waals surface area contributed by atoms with Crippen LogP contribution < -0.4 is 10.6 Å². The number of piperidine rings is 1. The van der Waals surface area contributed by atoms with Gasteiger partial charge in [-0.25, -0.2) is 9.97 Å². The van der Waals surface area contributed by atoms with E-state index in [1.54, 1.807) is 6.20 Å². The number of hydrogen-bond donors (Lipinski definition) is 2. The summed E-state index contributed by atoms with van der Waals surface area (Å²) in [6, 6.07) is 10.3. The molecule has 2 saturated heterocycles. The van der Waals surface area contributed by atoms with Crippen LogP contribution in [0.25, 0.3) is 32.4 Å². The van der Waals surface area contributed by atoms with Gasteiger partial charge in [-0.15, -0.1) is 11.3 Å². The van der Waals surface area contributed by atoms with Crippen LogP contribution in [0.4, 0.5) is 5.69 Å². The Balaban J connectivity index is 1.23. The number of rotatable bonds is 7. The topological polar surface area (TPSA) is 86.3 Å². The first-order chi connectivity index (χ1) is 18.2. The molecule has 6 rings (SSSR count). The fourth-order valence-corrected chi connectivity index (χ4v) is 6.22. The van der Waals surface area contributed by atoms with E-state index in [1.165, 1.54) is 43.7 Å². The Morgan fingerprint density at radius 3 is 2.73 bits per heavy atom. The quantitative estimate of drug-likeness (QED) is 0.356. The molecule has 1 amide bonds. The summed E-state index contributed by atoms with van der Waals surface area (Å²) in [4.78, 5) is 31.3. The molecule has 0 saturated carbocycles. The van der Waals surface area contributed by atoms with Crippen LogP contribution >= 0.6 is 11.3 Å². The molecule has 0 radical (unpaired) electrons. The van der Waals surface area contributed by atoms with Gasteiger partial charge in [0.1, 0.15) is 0 Å². The summed E-state index contributed by atoms with van der Waals surface area (Å²) in [6.45, 7) is 7.63. The number of carbonyl (C=O) groups is 1. The van der Waals surface area contributed by atoms with Crippen molar-refractivity contribution in [2.75, 3.05) is 57.7 Å². The molecule has 8 nitrogen and oxygen atoms in total. The average Bonchev–Trinajstić information content (AvgIpc) is 3.39. The van der Waals surface area contributed by atoms with Crippen molar-refractivity contribution in [1.29, 1.82) is 0 Å². The third-order valence-corrected chi connectivity index (χ3v) is 8.30. The van der Waals surface area contributed by atoms with E-state index in [2.05, 4.69) is 43.7 Å². The van der Waals surface area contributed by atoms with E-state index in [4.69, 9.17) is 4.98 Å². The zero-order valence-electron chi connectivity index (χ0n) is 21.1. The molecule has 192 valence electrons. The number of amides is 1. The molecule has 5 heterocycles. The summed E-state index contributed by atoms with van der Waals surface area (Å²) < 4.78 is 1.00. The summed E-state index contributed by atoms with van der Waals surface area (Å²) >= 11 is 1.47. The minimum absolute atomic E-state index is 0.0246. The highest BCUT2D eigenvalue weighted by atomic mass is 32.1. The molecule has 2 N–H and O–H groups in total. The van der Waals surface area contributed by atoms with E-state index < -0.39 is 0 Å². The first-order valence-corrected chi connectivity index (χ1v) is 14.2. The molecule has 37 heavy (non-hydrogen) atoms. The Hall–Kier alpha value is -3.14. The lowest BCUT2D eigenvalue weighted by molar-refractivity contribution is 0.0735. The standard InChI is InChI=1S/C28H33N7OS/c36-28(35-15-10-29-11-16-35)27-33-23-6-5-20(17-26(23)37-27)24-18-25(21-19-30-9-7-22(21)32-24)31-8-4-14-34-12-2-1-3-13-34/h5-7,9,17-19,29H,1-4,8,10-16H2,(H,31,32). The highest BCUT2D eigenvalue weighted by Gasteiger charge is 2.21. The lowest BCUT2D eigenvalue weighted by Crippen LogP contribution is -2.46. The second-order valence-corrected chi connectivity index (χ2v) is 10.9. The number of carbonyl (C=O) groups excluding carboxylic acids is 1. The summed E-state index contributed by atoms with van der Waals surface area (Å²) in [6.07, 6.45) is 8.81. The Morgan fingerprint density at radius 1 is 1.00 bits per heavy atom. The monoisotopic (exact) mass is 515 g/mol. The van der Waals surface area contributed by atoms with Crippen LogP contribution in [0.2, 0.25) is 0 Å². The molecule has 0 bridgehead atoms. The maximum Gasteiger partial charge on any atom is 0.282 e. The molecule has 2 aliphatic heterocycles. The maximum absolute atomic E-state index is 13.0. The summed E-state index contributed by atoms with van der Waals surface area (Å²) in [5.74, 6) is 0.0246. The molecule has 9 heteroatoms. The number of benzene rings is 1. The predicted molar refractivity (Wildman–Crippen MR) is 150 cm³/mol. The number of nitrogens with one attached hydrogen (secondary N) is 2. The van der Waals surface area contributed by atoms with Gasteiger partial charge in [0.05, 0.1) is 21.4 Å². The zero-order chi connectivity index (χ0) is 25.0. The van der Waals surface area contributed by atoms with Crippen molar-refractivity contribution in [3.63, 3.8) is 0 Å². The molecule has 2 fully saturated rings. The molecule has 0 spiro atoms. The van der Waals surface area contributed by atoms with E-state index in [9.17, 15) is 4.79 Å². The van der Waals surface area contributed by atoms with Crippen molar-refractivity contribution >= 4 is 44.1 Å². The van der Waals surface area contributed by atoms with E-state index in [-0.39, 0.29) is 5.91 Å². The molecule has 1 aromatic carbocycles. The highest BCUT2D eigenvalue weighted by molar-refractivity contribution is 7.20. The summed E-state index contributed by atoms with van der Waals surface area (Å²) in [7, 11) is 0. The highest BCUT2D eigenvalue weighted by Crippen LogP contribution is 2.32. The molecule has 4 aromatic rings. The van der Waals surface area contributed by atoms with E-state index in [0.29, 0.717) is 5.01 Å². The number of likely N-dealkylation sites (tertiary alicyclic amines) is 1. The van der Waals surface area contributed by atoms with Crippen LogP contribution in [-0.4, -0.2) is 83.0 Å². The lowest BCUT2D eigenvalue weighted by Gasteiger charge is -2.26. The second-order valence-electron chi connectivity index (χ2n) is 9.87. The van der Waals surface area contributed by atoms with Gasteiger partial charge >= 0.3 is 0 Å². The van der Waals surface area contributed by atoms with Crippen LogP contribution in [0, 0.1) is 0 Å². The average molecular weight is 516 g/mol. The molecule has 0 atom stereocenters. The summed E-state index contributed by atoms with van der Waals surface area (Å²) in [5.41, 5.74) is 4.76. The van der Waals surface area contributed by atoms with Gasteiger partial charge in [-0.05, 0) is 63.2 Å². The van der Waals surface area contributed by atoms with E-state index >= 15 is 0 Å². The molecular weight excluding hydrogens is 482 g/mol. The van der Waals surface area contributed by atoms with Gasteiger partial charge in [-0.3, -0.25) is 9.78 Å². The van der Waals surface area contributed by atoms with Gasteiger partial charge < -0.3 is 20.4 Å². The Bertz CT molecular complexity index is 1390. The number of pyridine rings is 2. The van der Waals surface area contributed by atoms with Crippen molar-refractivity contribution < 1.29 is 4.79 Å². The summed E-state index contributed by atoms with van der Waals surface area (Å²) in [5, 5.41) is 8.54. The van der Waals surface area contributed by atoms with Crippen LogP contribution in [0.3, 0.4) is 0 Å². The van der Waals surface area contributed by atoms with Crippen LogP contribution in [0.1, 0.15) is 35.5 Å². The van der Waals surface area contributed by atoms with Crippen LogP contribution in [0.15, 0.2) is 42.7 Å². The fraction of sp³-hybridized carbons (Fsp3) is 0.429. The number of fused-ring (bicyclic) bond motifs is 2. The van der Waals surface area contributed by atoms with Gasteiger partial charge in [0.25, 0.3) is 5.91 Å². The maximum atomic E-state index is 13.0. The third kappa shape index (κ3) is 5.44. The van der Waals surface area contributed by atoms with Crippen molar-refractivity contribution in [3.05, 3.63) is 47.7 Å². The molecule has 3 aromatic heterocycles. The number of thiazole rings is 1. The largest absolute Gasteiger partial charge is 0.384 e. The van der Waals surface area contributed by atoms with Gasteiger partial charge in [-0.1, -0.05) is 12.5 Å². The Kier molecular flexibility index (Phi) is 7.25. The van der Waals surface area contributed by atoms with Gasteiger partial charge in [0.15, 0.2) is 5.01 Å². The molecular formula is C28H33N7OS. The number of hydrogen-bond acceptors (Lipinski definition) is 8. The van der Waals surface area contributed by atoms with Crippen LogP contribution in [0.5, 0.6) is 0 Å². The SMILES string of the molecule is O=C(c1nc2ccc(-c3cc(NCCCN4CCCCC4)c4cnccc4n3)cc2s1)N1CCNCC1. The van der Waals surface area contributed by atoms with Crippen molar-refractivity contribution in [2.24, 2.45) is 0 Å². The molecule has 0 unspecified atom stereocenters. The fourth-order valence-electron chi connectivity index (χ4n) is 5.25. The third-order valence-electron chi connectivity index (χ3n) is 7.30. The Labute approximate surface area is 221 Å². The van der Waals surface area contributed by atoms with Gasteiger partial charge in [0, 0.05) is 61.8 Å². The minimum atomic E-state index is 0.0246. The molecule has 2 aliphatic rings. The number of nitrogens with zero attached hydrogens (tertiary/aromatic N) is 5. The molecule has 0 aliphatic carbocycles. The number of piperazine rings is 1. The minimum Gasteiger partial charge on any atom is -0.384 e. The number of aromatic nitrogens is 3. The second kappa shape index (κ2) is 11.1. The smallest absolute Gasteiger partial charge is 0.282 e. The van der Waals surface area contributed by atoms with Gasteiger partial charge in [0.2, 0.25) is 0 Å². The predicted octanol–water partition coefficient (Wildman–Crippen LogP) is 4.24. The lowest BCUT2D eigenvalue weighted by atomic mass is 10.1. The van der Waals surface area contributed by atoms with Crippen molar-refractivity contribution in [2.45, 2.75) is 25.7 Å². The van der Waals surface area contributed by atoms with Crippen molar-refractivity contribution in [3.8, 4) is 11.3 Å². The first-order valence-electron chi connectivity index (χ1n) is 13.4. The van der Waals surface area contributed by atoms with E-state index in [0.717, 1.165) is 83.8 Å². The van der Waals surface area contributed by atoms with E-state index in [1.807, 2.05) is 23.2 Å². The van der Waals surface area contributed by atoms with Gasteiger partial charge in [-0.2, -0.15) is 0 Å².